The normalized spacial score (nSPS) is 26.1. The van der Waals surface area contributed by atoms with E-state index in [9.17, 15) is 4.79 Å². The van der Waals surface area contributed by atoms with Crippen LogP contribution in [0.4, 0.5) is 0 Å². The number of carbonyl (C=O) groups excluding carboxylic acids is 1. The molecule has 0 radical (unpaired) electrons. The van der Waals surface area contributed by atoms with Crippen molar-refractivity contribution in [1.82, 2.24) is 4.90 Å². The first kappa shape index (κ1) is 17.7. The lowest BCUT2D eigenvalue weighted by atomic mass is 9.58. The summed E-state index contributed by atoms with van der Waals surface area (Å²) in [6.07, 6.45) is 9.50. The predicted octanol–water partition coefficient (Wildman–Crippen LogP) is 5.99. The molecule has 28 heavy (non-hydrogen) atoms. The Hall–Kier alpha value is -2.35. The highest BCUT2D eigenvalue weighted by molar-refractivity contribution is 6.07. The van der Waals surface area contributed by atoms with E-state index in [1.807, 2.05) is 24.3 Å². The SMILES string of the molecule is CC1(C)[C@H]2CC3=CCCC=C3[C@@H]1CCN(C(=O)c1cccc3ccccc13)C2. The molecule has 1 heterocycles. The zero-order valence-electron chi connectivity index (χ0n) is 16.9. The average molecular weight is 372 g/mol. The summed E-state index contributed by atoms with van der Waals surface area (Å²) in [6.45, 7) is 6.59. The first-order valence-electron chi connectivity index (χ1n) is 10.7. The van der Waals surface area contributed by atoms with Gasteiger partial charge in [0, 0.05) is 18.7 Å². The molecule has 2 atom stereocenters. The maximum atomic E-state index is 13.6. The molecular formula is C26H29NO. The van der Waals surface area contributed by atoms with Crippen molar-refractivity contribution in [3.63, 3.8) is 0 Å². The van der Waals surface area contributed by atoms with Gasteiger partial charge in [-0.05, 0) is 70.9 Å². The minimum Gasteiger partial charge on any atom is -0.338 e. The summed E-state index contributed by atoms with van der Waals surface area (Å²) in [6, 6.07) is 14.3. The number of fused-ring (bicyclic) bond motifs is 5. The molecule has 2 heteroatoms. The highest BCUT2D eigenvalue weighted by atomic mass is 16.2. The largest absolute Gasteiger partial charge is 0.338 e. The van der Waals surface area contributed by atoms with Crippen molar-refractivity contribution < 1.29 is 4.79 Å². The van der Waals surface area contributed by atoms with Crippen LogP contribution in [0.5, 0.6) is 0 Å². The number of rotatable bonds is 1. The molecule has 2 fully saturated rings. The maximum Gasteiger partial charge on any atom is 0.254 e. The maximum absolute atomic E-state index is 13.6. The third-order valence-corrected chi connectivity index (χ3v) is 7.52. The summed E-state index contributed by atoms with van der Waals surface area (Å²) in [5.41, 5.74) is 4.25. The molecule has 2 aliphatic carbocycles. The van der Waals surface area contributed by atoms with Gasteiger partial charge in [0.2, 0.25) is 0 Å². The van der Waals surface area contributed by atoms with Crippen LogP contribution in [0, 0.1) is 17.3 Å². The third-order valence-electron chi connectivity index (χ3n) is 7.52. The van der Waals surface area contributed by atoms with E-state index in [0.29, 0.717) is 11.8 Å². The lowest BCUT2D eigenvalue weighted by molar-refractivity contribution is 0.0697. The predicted molar refractivity (Wildman–Crippen MR) is 115 cm³/mol. The second-order valence-electron chi connectivity index (χ2n) is 9.31. The second kappa shape index (κ2) is 6.62. The van der Waals surface area contributed by atoms with Crippen molar-refractivity contribution in [3.8, 4) is 0 Å². The van der Waals surface area contributed by atoms with Crippen LogP contribution in [0.15, 0.2) is 65.8 Å². The van der Waals surface area contributed by atoms with Crippen molar-refractivity contribution in [2.45, 2.75) is 39.5 Å². The highest BCUT2D eigenvalue weighted by Gasteiger charge is 2.47. The molecule has 2 nitrogen and oxygen atoms in total. The number of hydrogen-bond donors (Lipinski definition) is 0. The summed E-state index contributed by atoms with van der Waals surface area (Å²) in [5, 5.41) is 2.21. The molecule has 0 spiro atoms. The van der Waals surface area contributed by atoms with E-state index < -0.39 is 0 Å². The number of benzene rings is 2. The van der Waals surface area contributed by atoms with Crippen LogP contribution in [0.2, 0.25) is 0 Å². The smallest absolute Gasteiger partial charge is 0.254 e. The van der Waals surface area contributed by atoms with Gasteiger partial charge < -0.3 is 4.90 Å². The molecule has 1 aliphatic heterocycles. The second-order valence-corrected chi connectivity index (χ2v) is 9.31. The van der Waals surface area contributed by atoms with E-state index >= 15 is 0 Å². The molecular weight excluding hydrogens is 342 g/mol. The number of hydrogen-bond acceptors (Lipinski definition) is 1. The molecule has 1 saturated carbocycles. The fourth-order valence-corrected chi connectivity index (χ4v) is 5.76. The van der Waals surface area contributed by atoms with Crippen LogP contribution in [-0.2, 0) is 0 Å². The van der Waals surface area contributed by atoms with Crippen molar-refractivity contribution in [1.29, 1.82) is 0 Å². The van der Waals surface area contributed by atoms with Crippen LogP contribution < -0.4 is 0 Å². The molecule has 1 saturated heterocycles. The molecule has 144 valence electrons. The summed E-state index contributed by atoms with van der Waals surface area (Å²) < 4.78 is 0. The Morgan fingerprint density at radius 3 is 2.71 bits per heavy atom. The fourth-order valence-electron chi connectivity index (χ4n) is 5.76. The molecule has 2 bridgehead atoms. The van der Waals surface area contributed by atoms with Crippen LogP contribution in [-0.4, -0.2) is 23.9 Å². The minimum absolute atomic E-state index is 0.200. The van der Waals surface area contributed by atoms with Gasteiger partial charge in [-0.15, -0.1) is 0 Å². The van der Waals surface area contributed by atoms with Crippen molar-refractivity contribution in [2.24, 2.45) is 17.3 Å². The van der Waals surface area contributed by atoms with Crippen molar-refractivity contribution >= 4 is 16.7 Å². The van der Waals surface area contributed by atoms with E-state index in [1.165, 1.54) is 12.8 Å². The number of nitrogens with zero attached hydrogens (tertiary/aromatic N) is 1. The van der Waals surface area contributed by atoms with Crippen molar-refractivity contribution in [3.05, 3.63) is 71.3 Å². The lowest BCUT2D eigenvalue weighted by Gasteiger charge is -2.47. The number of amides is 1. The summed E-state index contributed by atoms with van der Waals surface area (Å²) in [4.78, 5) is 15.7. The first-order chi connectivity index (χ1) is 13.6. The Bertz CT molecular complexity index is 991. The van der Waals surface area contributed by atoms with Gasteiger partial charge in [-0.25, -0.2) is 0 Å². The van der Waals surface area contributed by atoms with Gasteiger partial charge in [0.1, 0.15) is 0 Å². The number of allylic oxidation sites excluding steroid dienone is 4. The third kappa shape index (κ3) is 2.73. The molecule has 5 rings (SSSR count). The van der Waals surface area contributed by atoms with Crippen LogP contribution >= 0.6 is 0 Å². The Morgan fingerprint density at radius 2 is 1.82 bits per heavy atom. The zero-order valence-corrected chi connectivity index (χ0v) is 16.9. The zero-order chi connectivity index (χ0) is 19.3. The topological polar surface area (TPSA) is 20.3 Å². The number of likely N-dealkylation sites (tertiary alicyclic amines) is 1. The number of carbonyl (C=O) groups is 1. The Kier molecular flexibility index (Phi) is 4.19. The molecule has 1 amide bonds. The summed E-state index contributed by atoms with van der Waals surface area (Å²) in [7, 11) is 0. The van der Waals surface area contributed by atoms with Gasteiger partial charge in [-0.3, -0.25) is 4.79 Å². The van der Waals surface area contributed by atoms with Crippen LogP contribution in [0.3, 0.4) is 0 Å². The van der Waals surface area contributed by atoms with Crippen molar-refractivity contribution in [2.75, 3.05) is 13.1 Å². The van der Waals surface area contributed by atoms with Crippen LogP contribution in [0.1, 0.15) is 49.9 Å². The Balaban J connectivity index is 1.50. The van der Waals surface area contributed by atoms with Gasteiger partial charge in [0.25, 0.3) is 5.91 Å². The Labute approximate surface area is 167 Å². The molecule has 0 unspecified atom stereocenters. The quantitative estimate of drug-likeness (QED) is 0.602. The fraction of sp³-hybridized carbons (Fsp3) is 0.423. The first-order valence-corrected chi connectivity index (χ1v) is 10.7. The summed E-state index contributed by atoms with van der Waals surface area (Å²) in [5.74, 6) is 1.30. The van der Waals surface area contributed by atoms with Gasteiger partial charge in [-0.2, -0.15) is 0 Å². The minimum atomic E-state index is 0.200. The monoisotopic (exact) mass is 371 g/mol. The van der Waals surface area contributed by atoms with E-state index in [-0.39, 0.29) is 11.3 Å². The van der Waals surface area contributed by atoms with E-state index in [4.69, 9.17) is 0 Å². The van der Waals surface area contributed by atoms with Gasteiger partial charge >= 0.3 is 0 Å². The van der Waals surface area contributed by atoms with E-state index in [2.05, 4.69) is 49.1 Å². The van der Waals surface area contributed by atoms with E-state index in [0.717, 1.165) is 42.3 Å². The molecule has 2 aromatic carbocycles. The summed E-state index contributed by atoms with van der Waals surface area (Å²) >= 11 is 0. The average Bonchev–Trinajstić information content (AvgIpc) is 2.78. The van der Waals surface area contributed by atoms with Gasteiger partial charge in [0.15, 0.2) is 0 Å². The standard InChI is InChI=1S/C26H29NO/c1-26(2)20-16-19-9-4-6-12-22(19)24(26)14-15-27(17-20)25(28)23-13-7-10-18-8-3-5-11-21(18)23/h3,5,7-13,20,24H,4,6,14-17H2,1-2H3/t20-,24-/m0/s1. The molecule has 3 aliphatic rings. The lowest BCUT2D eigenvalue weighted by Crippen LogP contribution is -2.42. The molecule has 0 N–H and O–H groups in total. The molecule has 2 aromatic rings. The molecule has 0 aromatic heterocycles. The van der Waals surface area contributed by atoms with E-state index in [1.54, 1.807) is 11.1 Å². The Morgan fingerprint density at radius 1 is 1.04 bits per heavy atom. The van der Waals surface area contributed by atoms with Gasteiger partial charge in [-0.1, -0.05) is 62.4 Å². The highest BCUT2D eigenvalue weighted by Crippen LogP contribution is 2.54. The van der Waals surface area contributed by atoms with Crippen LogP contribution in [0.25, 0.3) is 10.8 Å². The van der Waals surface area contributed by atoms with Gasteiger partial charge in [0.05, 0.1) is 0 Å².